The number of carbonyl (C=O) groups excluding carboxylic acids is 1. The van der Waals surface area contributed by atoms with Crippen molar-refractivity contribution in [1.82, 2.24) is 9.80 Å². The van der Waals surface area contributed by atoms with Crippen molar-refractivity contribution in [1.29, 1.82) is 0 Å². The van der Waals surface area contributed by atoms with E-state index >= 15 is 0 Å². The average molecular weight is 226 g/mol. The highest BCUT2D eigenvalue weighted by Gasteiger charge is 2.19. The van der Waals surface area contributed by atoms with Crippen LogP contribution in [0.4, 0.5) is 0 Å². The predicted molar refractivity (Wildman–Crippen MR) is 63.9 cm³/mol. The van der Waals surface area contributed by atoms with E-state index in [1.807, 2.05) is 23.8 Å². The van der Waals surface area contributed by atoms with Crippen molar-refractivity contribution in [2.24, 2.45) is 0 Å². The second-order valence-electron chi connectivity index (χ2n) is 4.19. The molecule has 0 fully saturated rings. The van der Waals surface area contributed by atoms with Gasteiger partial charge in [0.1, 0.15) is 0 Å². The summed E-state index contributed by atoms with van der Waals surface area (Å²) in [4.78, 5) is 15.7. The van der Waals surface area contributed by atoms with Crippen molar-refractivity contribution in [3.63, 3.8) is 0 Å². The predicted octanol–water partition coefficient (Wildman–Crippen LogP) is 0.827. The Morgan fingerprint density at radius 1 is 1.56 bits per heavy atom. The molecule has 16 heavy (non-hydrogen) atoms. The van der Waals surface area contributed by atoms with Crippen LogP contribution < -0.4 is 0 Å². The van der Waals surface area contributed by atoms with E-state index in [1.54, 1.807) is 0 Å². The van der Waals surface area contributed by atoms with Gasteiger partial charge in [-0.2, -0.15) is 0 Å². The van der Waals surface area contributed by atoms with Gasteiger partial charge in [0.05, 0.1) is 13.2 Å². The maximum atomic E-state index is 12.0. The highest BCUT2D eigenvalue weighted by atomic mass is 16.3. The molecule has 4 heteroatoms. The first kappa shape index (κ1) is 13.2. The minimum atomic E-state index is 0.0958. The molecule has 4 nitrogen and oxygen atoms in total. The number of nitrogens with zero attached hydrogens (tertiary/aromatic N) is 2. The zero-order valence-electron chi connectivity index (χ0n) is 10.3. The van der Waals surface area contributed by atoms with Crippen LogP contribution >= 0.6 is 0 Å². The van der Waals surface area contributed by atoms with Crippen molar-refractivity contribution in [3.8, 4) is 0 Å². The summed E-state index contributed by atoms with van der Waals surface area (Å²) in [5.74, 6) is 0.131. The lowest BCUT2D eigenvalue weighted by molar-refractivity contribution is -0.130. The van der Waals surface area contributed by atoms with Crippen molar-refractivity contribution in [3.05, 3.63) is 11.8 Å². The molecule has 0 saturated heterocycles. The highest BCUT2D eigenvalue weighted by Crippen LogP contribution is 2.21. The zero-order valence-corrected chi connectivity index (χ0v) is 10.3. The van der Waals surface area contributed by atoms with Gasteiger partial charge in [-0.25, -0.2) is 0 Å². The van der Waals surface area contributed by atoms with E-state index in [-0.39, 0.29) is 12.5 Å². The van der Waals surface area contributed by atoms with Gasteiger partial charge in [-0.1, -0.05) is 6.08 Å². The van der Waals surface area contributed by atoms with Crippen molar-refractivity contribution in [2.75, 3.05) is 33.3 Å². The Bertz CT molecular complexity index is 264. The van der Waals surface area contributed by atoms with Crippen LogP contribution in [0.5, 0.6) is 0 Å². The first-order valence-electron chi connectivity index (χ1n) is 5.97. The molecule has 1 amide bonds. The topological polar surface area (TPSA) is 43.8 Å². The number of likely N-dealkylation sites (N-methyl/N-ethyl adjacent to an activating group) is 2. The lowest BCUT2D eigenvalue weighted by Crippen LogP contribution is -2.39. The summed E-state index contributed by atoms with van der Waals surface area (Å²) in [7, 11) is 1.85. The molecule has 1 N–H and O–H groups in total. The third-order valence-electron chi connectivity index (χ3n) is 2.87. The fourth-order valence-electron chi connectivity index (χ4n) is 2.00. The zero-order chi connectivity index (χ0) is 12.0. The number of aliphatic hydroxyl groups excluding tert-OH is 1. The molecular formula is C12H22N2O2. The van der Waals surface area contributed by atoms with E-state index in [2.05, 4.69) is 6.08 Å². The van der Waals surface area contributed by atoms with Gasteiger partial charge in [-0.15, -0.1) is 0 Å². The number of amides is 1. The molecule has 0 aromatic rings. The maximum absolute atomic E-state index is 12.0. The number of carbonyl (C=O) groups is 1. The Morgan fingerprint density at radius 2 is 2.31 bits per heavy atom. The summed E-state index contributed by atoms with van der Waals surface area (Å²) in [6.07, 6.45) is 5.42. The minimum absolute atomic E-state index is 0.0958. The fourth-order valence-corrected chi connectivity index (χ4v) is 2.00. The van der Waals surface area contributed by atoms with Gasteiger partial charge in [0, 0.05) is 18.8 Å². The lowest BCUT2D eigenvalue weighted by Gasteiger charge is -2.25. The van der Waals surface area contributed by atoms with Crippen LogP contribution in [-0.2, 0) is 4.79 Å². The smallest absolute Gasteiger partial charge is 0.240 e. The first-order valence-corrected chi connectivity index (χ1v) is 5.97. The minimum Gasteiger partial charge on any atom is -0.395 e. The van der Waals surface area contributed by atoms with Crippen LogP contribution in [0.1, 0.15) is 26.2 Å². The molecule has 1 rings (SSSR count). The molecule has 0 radical (unpaired) electrons. The van der Waals surface area contributed by atoms with E-state index in [0.29, 0.717) is 13.1 Å². The molecule has 0 bridgehead atoms. The standard InChI is InChI=1S/C12H22N2O2/c1-3-14(11-6-4-5-7-11)12(16)10-13(2)8-9-15/h6,15H,3-5,7-10H2,1-2H3. The SMILES string of the molecule is CCN(C(=O)CN(C)CCO)C1=CCCC1. The molecule has 1 aliphatic carbocycles. The van der Waals surface area contributed by atoms with Gasteiger partial charge >= 0.3 is 0 Å². The van der Waals surface area contributed by atoms with Crippen LogP contribution in [0, 0.1) is 0 Å². The fraction of sp³-hybridized carbons (Fsp3) is 0.750. The Labute approximate surface area is 97.5 Å². The molecule has 92 valence electrons. The summed E-state index contributed by atoms with van der Waals surface area (Å²) in [5, 5.41) is 8.78. The number of hydrogen-bond donors (Lipinski definition) is 1. The van der Waals surface area contributed by atoms with Crippen molar-refractivity contribution >= 4 is 5.91 Å². The summed E-state index contributed by atoms with van der Waals surface area (Å²) >= 11 is 0. The van der Waals surface area contributed by atoms with Crippen LogP contribution in [0.25, 0.3) is 0 Å². The van der Waals surface area contributed by atoms with Gasteiger partial charge in [-0.05, 0) is 33.2 Å². The number of aliphatic hydroxyl groups is 1. The number of allylic oxidation sites excluding steroid dienone is 2. The first-order chi connectivity index (χ1) is 7.69. The average Bonchev–Trinajstić information content (AvgIpc) is 2.72. The molecule has 0 aromatic heterocycles. The Hall–Kier alpha value is -0.870. The molecule has 0 aromatic carbocycles. The molecule has 0 heterocycles. The largest absolute Gasteiger partial charge is 0.395 e. The number of rotatable bonds is 6. The Morgan fingerprint density at radius 3 is 2.81 bits per heavy atom. The maximum Gasteiger partial charge on any atom is 0.240 e. The van der Waals surface area contributed by atoms with Gasteiger partial charge in [0.25, 0.3) is 0 Å². The lowest BCUT2D eigenvalue weighted by atomic mass is 10.3. The Kier molecular flexibility index (Phi) is 5.49. The molecular weight excluding hydrogens is 204 g/mol. The van der Waals surface area contributed by atoms with E-state index < -0.39 is 0 Å². The molecule has 0 unspecified atom stereocenters. The summed E-state index contributed by atoms with van der Waals surface area (Å²) in [6.45, 7) is 3.76. The van der Waals surface area contributed by atoms with E-state index in [4.69, 9.17) is 5.11 Å². The van der Waals surface area contributed by atoms with Crippen molar-refractivity contribution < 1.29 is 9.90 Å². The molecule has 1 aliphatic rings. The second kappa shape index (κ2) is 6.66. The van der Waals surface area contributed by atoms with Crippen LogP contribution in [-0.4, -0.2) is 54.1 Å². The molecule has 0 spiro atoms. The Balaban J connectivity index is 2.49. The number of hydrogen-bond acceptors (Lipinski definition) is 3. The van der Waals surface area contributed by atoms with Crippen LogP contribution in [0.2, 0.25) is 0 Å². The monoisotopic (exact) mass is 226 g/mol. The normalized spacial score (nSPS) is 15.4. The van der Waals surface area contributed by atoms with E-state index in [0.717, 1.165) is 25.8 Å². The van der Waals surface area contributed by atoms with Gasteiger partial charge in [0.2, 0.25) is 5.91 Å². The molecule has 0 aliphatic heterocycles. The van der Waals surface area contributed by atoms with Gasteiger partial charge in [0.15, 0.2) is 0 Å². The third-order valence-corrected chi connectivity index (χ3v) is 2.87. The van der Waals surface area contributed by atoms with E-state index in [9.17, 15) is 4.79 Å². The van der Waals surface area contributed by atoms with E-state index in [1.165, 1.54) is 5.70 Å². The van der Waals surface area contributed by atoms with Gasteiger partial charge < -0.3 is 10.0 Å². The summed E-state index contributed by atoms with van der Waals surface area (Å²) in [5.41, 5.74) is 1.17. The molecule has 0 saturated carbocycles. The second-order valence-corrected chi connectivity index (χ2v) is 4.19. The van der Waals surface area contributed by atoms with Gasteiger partial charge in [-0.3, -0.25) is 9.69 Å². The third kappa shape index (κ3) is 3.61. The van der Waals surface area contributed by atoms with Crippen molar-refractivity contribution in [2.45, 2.75) is 26.2 Å². The van der Waals surface area contributed by atoms with Crippen LogP contribution in [0.15, 0.2) is 11.8 Å². The highest BCUT2D eigenvalue weighted by molar-refractivity contribution is 5.80. The van der Waals surface area contributed by atoms with Crippen LogP contribution in [0.3, 0.4) is 0 Å². The quantitative estimate of drug-likeness (QED) is 0.729. The molecule has 0 atom stereocenters. The summed E-state index contributed by atoms with van der Waals surface area (Å²) in [6, 6.07) is 0. The summed E-state index contributed by atoms with van der Waals surface area (Å²) < 4.78 is 0.